The largest absolute Gasteiger partial charge is 0.305 e. The molecule has 0 amide bonds. The number of thiophene rings is 1. The molecule has 0 saturated heterocycles. The Morgan fingerprint density at radius 3 is 2.23 bits per heavy atom. The molecular weight excluding hydrogens is 334 g/mol. The van der Waals surface area contributed by atoms with Crippen molar-refractivity contribution >= 4 is 37.1 Å². The molecule has 1 heterocycles. The summed E-state index contributed by atoms with van der Waals surface area (Å²) in [7, 11) is 4.25. The first-order valence-corrected chi connectivity index (χ1v) is 9.77. The maximum absolute atomic E-state index is 2.37. The minimum atomic E-state index is 0.951. The van der Waals surface area contributed by atoms with Gasteiger partial charge < -0.3 is 4.90 Å². The van der Waals surface area contributed by atoms with E-state index in [0.717, 1.165) is 6.54 Å². The lowest BCUT2D eigenvalue weighted by atomic mass is 9.92. The van der Waals surface area contributed by atoms with E-state index in [9.17, 15) is 0 Å². The Bertz CT molecular complexity index is 1090. The first-order valence-electron chi connectivity index (χ1n) is 8.95. The zero-order valence-electron chi connectivity index (χ0n) is 15.5. The van der Waals surface area contributed by atoms with Gasteiger partial charge in [-0.25, -0.2) is 0 Å². The number of rotatable bonds is 4. The van der Waals surface area contributed by atoms with E-state index >= 15 is 0 Å². The molecule has 0 spiro atoms. The Kier molecular flexibility index (Phi) is 4.62. The molecule has 2 heteroatoms. The van der Waals surface area contributed by atoms with E-state index in [0.29, 0.717) is 0 Å². The van der Waals surface area contributed by atoms with Crippen molar-refractivity contribution in [2.75, 3.05) is 20.6 Å². The normalized spacial score (nSPS) is 12.8. The Balaban J connectivity index is 1.94. The van der Waals surface area contributed by atoms with Gasteiger partial charge in [0, 0.05) is 26.7 Å². The van der Waals surface area contributed by atoms with E-state index in [-0.39, 0.29) is 0 Å². The van der Waals surface area contributed by atoms with Crippen LogP contribution < -0.4 is 0 Å². The van der Waals surface area contributed by atoms with Gasteiger partial charge in [-0.15, -0.1) is 11.3 Å². The summed E-state index contributed by atoms with van der Waals surface area (Å²) >= 11 is 1.87. The predicted octanol–water partition coefficient (Wildman–Crippen LogP) is 6.44. The topological polar surface area (TPSA) is 3.24 Å². The van der Waals surface area contributed by atoms with Gasteiger partial charge in [0.15, 0.2) is 0 Å². The number of nitrogens with zero attached hydrogens (tertiary/aromatic N) is 1. The lowest BCUT2D eigenvalue weighted by molar-refractivity contribution is 0.446. The molecule has 4 aromatic rings. The van der Waals surface area contributed by atoms with Crippen LogP contribution in [0.25, 0.3) is 25.7 Å². The minimum absolute atomic E-state index is 0.951. The van der Waals surface area contributed by atoms with Crippen molar-refractivity contribution in [3.8, 4) is 0 Å². The van der Waals surface area contributed by atoms with Crippen LogP contribution in [0.3, 0.4) is 0 Å². The average molecular weight is 358 g/mol. The monoisotopic (exact) mass is 357 g/mol. The standard InChI is InChI=1S/C24H23NS/c1-17(16-25(2)3)24(18-9-5-4-6-10-18)19-13-14-23-21(15-19)20-11-7-8-12-22(20)26-23/h4-15H,16H2,1-3H3. The highest BCUT2D eigenvalue weighted by molar-refractivity contribution is 7.25. The van der Waals surface area contributed by atoms with Crippen LogP contribution in [-0.4, -0.2) is 25.5 Å². The smallest absolute Gasteiger partial charge is 0.0355 e. The number of benzene rings is 3. The van der Waals surface area contributed by atoms with Crippen LogP contribution in [0.15, 0.2) is 78.4 Å². The van der Waals surface area contributed by atoms with Gasteiger partial charge in [0.05, 0.1) is 0 Å². The Hall–Kier alpha value is -2.42. The van der Waals surface area contributed by atoms with Crippen LogP contribution in [-0.2, 0) is 0 Å². The van der Waals surface area contributed by atoms with E-state index in [4.69, 9.17) is 0 Å². The van der Waals surface area contributed by atoms with Crippen molar-refractivity contribution < 1.29 is 0 Å². The number of hydrogen-bond donors (Lipinski definition) is 0. The van der Waals surface area contributed by atoms with E-state index in [1.54, 1.807) is 0 Å². The van der Waals surface area contributed by atoms with E-state index in [2.05, 4.69) is 98.7 Å². The molecule has 0 radical (unpaired) electrons. The fraction of sp³-hybridized carbons (Fsp3) is 0.167. The van der Waals surface area contributed by atoms with Gasteiger partial charge >= 0.3 is 0 Å². The molecule has 3 aromatic carbocycles. The van der Waals surface area contributed by atoms with Crippen molar-refractivity contribution in [2.24, 2.45) is 0 Å². The summed E-state index contributed by atoms with van der Waals surface area (Å²) in [6.45, 7) is 3.20. The first-order chi connectivity index (χ1) is 12.6. The van der Waals surface area contributed by atoms with Crippen LogP contribution in [0.2, 0.25) is 0 Å². The molecule has 1 nitrogen and oxygen atoms in total. The third-order valence-electron chi connectivity index (χ3n) is 4.71. The zero-order valence-corrected chi connectivity index (χ0v) is 16.3. The van der Waals surface area contributed by atoms with E-state index < -0.39 is 0 Å². The molecule has 0 aliphatic heterocycles. The summed E-state index contributed by atoms with van der Waals surface area (Å²) in [6, 6.07) is 26.4. The van der Waals surface area contributed by atoms with Crippen molar-refractivity contribution in [1.82, 2.24) is 4.90 Å². The van der Waals surface area contributed by atoms with Gasteiger partial charge in [-0.2, -0.15) is 0 Å². The second-order valence-electron chi connectivity index (χ2n) is 7.07. The highest BCUT2D eigenvalue weighted by Gasteiger charge is 2.12. The van der Waals surface area contributed by atoms with Crippen molar-refractivity contribution in [3.05, 3.63) is 89.5 Å². The third-order valence-corrected chi connectivity index (χ3v) is 5.86. The second kappa shape index (κ2) is 7.06. The molecule has 26 heavy (non-hydrogen) atoms. The molecule has 4 rings (SSSR count). The SMILES string of the molecule is CC(CN(C)C)=C(c1ccccc1)c1ccc2sc3ccccc3c2c1. The fourth-order valence-electron chi connectivity index (χ4n) is 3.70. The summed E-state index contributed by atoms with van der Waals surface area (Å²) in [5.41, 5.74) is 5.31. The van der Waals surface area contributed by atoms with Crippen LogP contribution in [0.4, 0.5) is 0 Å². The average Bonchev–Trinajstić information content (AvgIpc) is 3.00. The molecule has 0 atom stereocenters. The summed E-state index contributed by atoms with van der Waals surface area (Å²) in [6.07, 6.45) is 0. The molecule has 0 N–H and O–H groups in total. The maximum atomic E-state index is 2.37. The Morgan fingerprint density at radius 2 is 1.46 bits per heavy atom. The van der Waals surface area contributed by atoms with Gasteiger partial charge in [0.1, 0.15) is 0 Å². The van der Waals surface area contributed by atoms with Crippen LogP contribution in [0.5, 0.6) is 0 Å². The lowest BCUT2D eigenvalue weighted by Gasteiger charge is -2.17. The van der Waals surface area contributed by atoms with Crippen molar-refractivity contribution in [3.63, 3.8) is 0 Å². The number of likely N-dealkylation sites (N-methyl/N-ethyl adjacent to an activating group) is 1. The van der Waals surface area contributed by atoms with Crippen LogP contribution in [0.1, 0.15) is 18.1 Å². The molecule has 0 aliphatic carbocycles. The van der Waals surface area contributed by atoms with Crippen LogP contribution in [0, 0.1) is 0 Å². The van der Waals surface area contributed by atoms with Gasteiger partial charge in [0.25, 0.3) is 0 Å². The maximum Gasteiger partial charge on any atom is 0.0355 e. The quantitative estimate of drug-likeness (QED) is 0.406. The lowest BCUT2D eigenvalue weighted by Crippen LogP contribution is -2.15. The Morgan fingerprint density at radius 1 is 0.769 bits per heavy atom. The molecule has 130 valence electrons. The number of hydrogen-bond acceptors (Lipinski definition) is 2. The summed E-state index contributed by atoms with van der Waals surface area (Å²) in [5, 5.41) is 2.71. The fourth-order valence-corrected chi connectivity index (χ4v) is 4.79. The first kappa shape index (κ1) is 17.0. The minimum Gasteiger partial charge on any atom is -0.305 e. The van der Waals surface area contributed by atoms with Crippen LogP contribution >= 0.6 is 11.3 Å². The second-order valence-corrected chi connectivity index (χ2v) is 8.15. The van der Waals surface area contributed by atoms with E-state index in [1.165, 1.54) is 42.4 Å². The van der Waals surface area contributed by atoms with E-state index in [1.807, 2.05) is 11.3 Å². The van der Waals surface area contributed by atoms with Crippen molar-refractivity contribution in [1.29, 1.82) is 0 Å². The van der Waals surface area contributed by atoms with Gasteiger partial charge in [0.2, 0.25) is 0 Å². The highest BCUT2D eigenvalue weighted by atomic mass is 32.1. The molecule has 1 aromatic heterocycles. The van der Waals surface area contributed by atoms with Gasteiger partial charge in [-0.1, -0.05) is 60.2 Å². The number of fused-ring (bicyclic) bond motifs is 3. The molecule has 0 aliphatic rings. The molecule has 0 bridgehead atoms. The molecule has 0 saturated carbocycles. The van der Waals surface area contributed by atoms with Gasteiger partial charge in [-0.3, -0.25) is 0 Å². The highest BCUT2D eigenvalue weighted by Crippen LogP contribution is 2.37. The summed E-state index contributed by atoms with van der Waals surface area (Å²) in [4.78, 5) is 2.23. The predicted molar refractivity (Wildman–Crippen MR) is 116 cm³/mol. The van der Waals surface area contributed by atoms with Gasteiger partial charge in [-0.05, 0) is 55.9 Å². The molecule has 0 fully saturated rings. The zero-order chi connectivity index (χ0) is 18.1. The summed E-state index contributed by atoms with van der Waals surface area (Å²) in [5.74, 6) is 0. The summed E-state index contributed by atoms with van der Waals surface area (Å²) < 4.78 is 2.71. The molecular formula is C24H23NS. The third kappa shape index (κ3) is 3.18. The Labute approximate surface area is 159 Å². The molecule has 0 unspecified atom stereocenters. The van der Waals surface area contributed by atoms with Crippen molar-refractivity contribution in [2.45, 2.75) is 6.92 Å².